The van der Waals surface area contributed by atoms with Crippen LogP contribution >= 0.6 is 0 Å². The van der Waals surface area contributed by atoms with Gasteiger partial charge in [0.05, 0.1) is 18.8 Å². The zero-order valence-electron chi connectivity index (χ0n) is 10.6. The topological polar surface area (TPSA) is 22.8 Å². The molecule has 0 N–H and O–H groups in total. The lowest BCUT2D eigenvalue weighted by molar-refractivity contribution is 0.0571. The van der Waals surface area contributed by atoms with Crippen molar-refractivity contribution in [3.8, 4) is 0 Å². The number of nitrogens with zero attached hydrogens (tertiary/aromatic N) is 1. The van der Waals surface area contributed by atoms with E-state index in [2.05, 4.69) is 24.5 Å². The highest BCUT2D eigenvalue weighted by Gasteiger charge is 2.17. The SMILES string of the molecule is [C-]#[N+]C(OCCO[Si](C)(C)C)c1ccccc1. The normalized spacial score (nSPS) is 13.1. The molecule has 4 heteroatoms. The van der Waals surface area contributed by atoms with Gasteiger partial charge in [-0.2, -0.15) is 0 Å². The van der Waals surface area contributed by atoms with Gasteiger partial charge >= 0.3 is 6.23 Å². The third-order valence-electron chi connectivity index (χ3n) is 2.10. The largest absolute Gasteiger partial charge is 0.415 e. The minimum absolute atomic E-state index is 0.464. The van der Waals surface area contributed by atoms with Gasteiger partial charge in [-0.3, -0.25) is 4.85 Å². The van der Waals surface area contributed by atoms with Crippen LogP contribution in [0.3, 0.4) is 0 Å². The Bertz CT molecular complexity index is 367. The summed E-state index contributed by atoms with van der Waals surface area (Å²) in [7, 11) is -1.48. The second-order valence-corrected chi connectivity index (χ2v) is 9.24. The molecule has 0 aliphatic rings. The Morgan fingerprint density at radius 1 is 1.18 bits per heavy atom. The van der Waals surface area contributed by atoms with Crippen molar-refractivity contribution in [2.45, 2.75) is 25.9 Å². The van der Waals surface area contributed by atoms with Gasteiger partial charge in [0, 0.05) is 0 Å². The zero-order chi connectivity index (χ0) is 12.7. The summed E-state index contributed by atoms with van der Waals surface area (Å²) in [5.74, 6) is 0. The molecule has 0 aliphatic carbocycles. The lowest BCUT2D eigenvalue weighted by atomic mass is 10.2. The summed E-state index contributed by atoms with van der Waals surface area (Å²) in [6.45, 7) is 14.6. The van der Waals surface area contributed by atoms with E-state index in [1.54, 1.807) is 0 Å². The van der Waals surface area contributed by atoms with Gasteiger partial charge in [0.1, 0.15) is 0 Å². The van der Waals surface area contributed by atoms with Gasteiger partial charge in [-0.15, -0.1) is 0 Å². The van der Waals surface area contributed by atoms with Crippen molar-refractivity contribution in [3.05, 3.63) is 47.3 Å². The predicted octanol–water partition coefficient (Wildman–Crippen LogP) is 3.47. The maximum atomic E-state index is 7.12. The van der Waals surface area contributed by atoms with Crippen LogP contribution in [-0.2, 0) is 9.16 Å². The highest BCUT2D eigenvalue weighted by Crippen LogP contribution is 2.18. The molecular weight excluding hydrogens is 230 g/mol. The number of ether oxygens (including phenoxy) is 1. The highest BCUT2D eigenvalue weighted by molar-refractivity contribution is 6.69. The van der Waals surface area contributed by atoms with Crippen molar-refractivity contribution in [1.82, 2.24) is 0 Å². The lowest BCUT2D eigenvalue weighted by Gasteiger charge is -2.17. The van der Waals surface area contributed by atoms with Crippen molar-refractivity contribution >= 4 is 8.32 Å². The van der Waals surface area contributed by atoms with Crippen molar-refractivity contribution in [2.75, 3.05) is 13.2 Å². The first-order valence-corrected chi connectivity index (χ1v) is 9.11. The Kier molecular flexibility index (Phi) is 5.36. The molecule has 92 valence electrons. The van der Waals surface area contributed by atoms with Crippen LogP contribution in [0.25, 0.3) is 4.85 Å². The maximum absolute atomic E-state index is 7.12. The number of hydrogen-bond donors (Lipinski definition) is 0. The molecule has 3 nitrogen and oxygen atoms in total. The number of benzene rings is 1. The van der Waals surface area contributed by atoms with Crippen LogP contribution < -0.4 is 0 Å². The Labute approximate surface area is 104 Å². The second kappa shape index (κ2) is 6.55. The molecule has 0 spiro atoms. The van der Waals surface area contributed by atoms with E-state index in [0.717, 1.165) is 5.56 Å². The Morgan fingerprint density at radius 2 is 1.82 bits per heavy atom. The summed E-state index contributed by atoms with van der Waals surface area (Å²) in [6, 6.07) is 9.56. The fraction of sp³-hybridized carbons (Fsp3) is 0.462. The second-order valence-electron chi connectivity index (χ2n) is 4.72. The van der Waals surface area contributed by atoms with E-state index in [0.29, 0.717) is 13.2 Å². The van der Waals surface area contributed by atoms with Crippen LogP contribution in [0.15, 0.2) is 30.3 Å². The predicted molar refractivity (Wildman–Crippen MR) is 71.0 cm³/mol. The van der Waals surface area contributed by atoms with Crippen LogP contribution in [0.5, 0.6) is 0 Å². The van der Waals surface area contributed by atoms with Crippen molar-refractivity contribution < 1.29 is 9.16 Å². The fourth-order valence-corrected chi connectivity index (χ4v) is 2.03. The monoisotopic (exact) mass is 249 g/mol. The summed E-state index contributed by atoms with van der Waals surface area (Å²) in [6.07, 6.45) is -0.513. The number of hydrogen-bond acceptors (Lipinski definition) is 2. The van der Waals surface area contributed by atoms with E-state index in [1.807, 2.05) is 30.3 Å². The summed E-state index contributed by atoms with van der Waals surface area (Å²) in [4.78, 5) is 3.48. The average molecular weight is 249 g/mol. The smallest absolute Gasteiger partial charge is 0.354 e. The summed E-state index contributed by atoms with van der Waals surface area (Å²) >= 11 is 0. The van der Waals surface area contributed by atoms with Crippen LogP contribution in [-0.4, -0.2) is 21.5 Å². The van der Waals surface area contributed by atoms with Gasteiger partial charge in [-0.05, 0) is 31.8 Å². The summed E-state index contributed by atoms with van der Waals surface area (Å²) in [5.41, 5.74) is 0.899. The maximum Gasteiger partial charge on any atom is 0.354 e. The first-order valence-electron chi connectivity index (χ1n) is 5.70. The van der Waals surface area contributed by atoms with Gasteiger partial charge in [-0.1, -0.05) is 18.2 Å². The molecule has 0 radical (unpaired) electrons. The van der Waals surface area contributed by atoms with Gasteiger partial charge in [-0.25, -0.2) is 6.57 Å². The third kappa shape index (κ3) is 5.64. The summed E-state index contributed by atoms with van der Waals surface area (Å²) < 4.78 is 11.2. The van der Waals surface area contributed by atoms with Crippen LogP contribution in [0, 0.1) is 6.57 Å². The van der Waals surface area contributed by atoms with Gasteiger partial charge in [0.2, 0.25) is 0 Å². The van der Waals surface area contributed by atoms with Crippen molar-refractivity contribution in [1.29, 1.82) is 0 Å². The molecule has 17 heavy (non-hydrogen) atoms. The fourth-order valence-electron chi connectivity index (χ4n) is 1.33. The van der Waals surface area contributed by atoms with E-state index >= 15 is 0 Å². The van der Waals surface area contributed by atoms with Crippen LogP contribution in [0.1, 0.15) is 11.8 Å². The highest BCUT2D eigenvalue weighted by atomic mass is 28.4. The Morgan fingerprint density at radius 3 is 2.35 bits per heavy atom. The van der Waals surface area contributed by atoms with Crippen LogP contribution in [0.4, 0.5) is 0 Å². The van der Waals surface area contributed by atoms with Gasteiger partial charge < -0.3 is 9.16 Å². The minimum atomic E-state index is -1.48. The first kappa shape index (κ1) is 13.9. The number of rotatable bonds is 6. The van der Waals surface area contributed by atoms with E-state index in [4.69, 9.17) is 15.7 Å². The average Bonchev–Trinajstić information content (AvgIpc) is 2.29. The molecule has 0 saturated heterocycles. The molecule has 0 heterocycles. The van der Waals surface area contributed by atoms with E-state index in [1.165, 1.54) is 0 Å². The quantitative estimate of drug-likeness (QED) is 0.438. The van der Waals surface area contributed by atoms with Crippen molar-refractivity contribution in [2.24, 2.45) is 0 Å². The molecule has 0 amide bonds. The Balaban J connectivity index is 2.37. The summed E-state index contributed by atoms with van der Waals surface area (Å²) in [5, 5.41) is 0. The van der Waals surface area contributed by atoms with Gasteiger partial charge in [0.25, 0.3) is 0 Å². The Hall–Kier alpha value is -1.15. The van der Waals surface area contributed by atoms with E-state index < -0.39 is 14.5 Å². The molecule has 0 fully saturated rings. The molecule has 0 bridgehead atoms. The third-order valence-corrected chi connectivity index (χ3v) is 3.17. The molecular formula is C13H19NO2Si. The zero-order valence-corrected chi connectivity index (χ0v) is 11.6. The van der Waals surface area contributed by atoms with E-state index in [-0.39, 0.29) is 0 Å². The lowest BCUT2D eigenvalue weighted by Crippen LogP contribution is -2.27. The molecule has 1 rings (SSSR count). The van der Waals surface area contributed by atoms with Gasteiger partial charge in [0.15, 0.2) is 8.32 Å². The molecule has 1 aromatic rings. The molecule has 1 aromatic carbocycles. The standard InChI is InChI=1S/C13H19NO2Si/c1-14-13(12-8-6-5-7-9-12)15-10-11-16-17(2,3)4/h5-9,13H,10-11H2,2-4H3. The van der Waals surface area contributed by atoms with E-state index in [9.17, 15) is 0 Å². The molecule has 1 atom stereocenters. The van der Waals surface area contributed by atoms with Crippen molar-refractivity contribution in [3.63, 3.8) is 0 Å². The first-order chi connectivity index (χ1) is 8.03. The molecule has 0 saturated carbocycles. The molecule has 0 aliphatic heterocycles. The minimum Gasteiger partial charge on any atom is -0.415 e. The molecule has 1 unspecified atom stereocenters. The molecule has 0 aromatic heterocycles. The van der Waals surface area contributed by atoms with Crippen LogP contribution in [0.2, 0.25) is 19.6 Å².